The normalized spacial score (nSPS) is 13.9. The van der Waals surface area contributed by atoms with Crippen LogP contribution in [-0.4, -0.2) is 13.1 Å². The molecule has 1 rings (SSSR count). The Morgan fingerprint density at radius 2 is 1.67 bits per heavy atom. The maximum Gasteiger partial charge on any atom is 0.0132 e. The molecule has 0 aliphatic carbocycles. The molecule has 0 aromatic heterocycles. The Balaban J connectivity index is 3.11. The van der Waals surface area contributed by atoms with Crippen LogP contribution in [0.3, 0.4) is 0 Å². The molecule has 0 spiro atoms. The molecule has 1 atom stereocenters. The minimum absolute atomic E-state index is 0.274. The molecule has 1 nitrogen and oxygen atoms in total. The quantitative estimate of drug-likeness (QED) is 0.777. The Morgan fingerprint density at radius 3 is 2.07 bits per heavy atom. The predicted octanol–water partition coefficient (Wildman–Crippen LogP) is 3.35. The number of benzene rings is 1. The van der Waals surface area contributed by atoms with Gasteiger partial charge in [-0.2, -0.15) is 0 Å². The summed E-state index contributed by atoms with van der Waals surface area (Å²) < 4.78 is 0. The molecule has 1 aromatic carbocycles. The Kier molecular flexibility index (Phi) is 4.34. The number of hydrogen-bond acceptors (Lipinski definition) is 1. The SMILES string of the molecule is CCC(CC)(c1ccccc1)C(C)NC. The van der Waals surface area contributed by atoms with E-state index in [4.69, 9.17) is 0 Å². The minimum atomic E-state index is 0.274. The van der Waals surface area contributed by atoms with E-state index >= 15 is 0 Å². The van der Waals surface area contributed by atoms with Crippen LogP contribution in [0.2, 0.25) is 0 Å². The van der Waals surface area contributed by atoms with Crippen molar-refractivity contribution in [2.75, 3.05) is 7.05 Å². The molecule has 0 saturated heterocycles. The molecule has 0 radical (unpaired) electrons. The highest BCUT2D eigenvalue weighted by molar-refractivity contribution is 5.27. The zero-order valence-corrected chi connectivity index (χ0v) is 10.4. The lowest BCUT2D eigenvalue weighted by Gasteiger charge is -2.38. The summed E-state index contributed by atoms with van der Waals surface area (Å²) in [4.78, 5) is 0. The fraction of sp³-hybridized carbons (Fsp3) is 0.571. The van der Waals surface area contributed by atoms with E-state index in [1.807, 2.05) is 7.05 Å². The van der Waals surface area contributed by atoms with E-state index < -0.39 is 0 Å². The van der Waals surface area contributed by atoms with Gasteiger partial charge in [0.1, 0.15) is 0 Å². The van der Waals surface area contributed by atoms with Gasteiger partial charge in [-0.3, -0.25) is 0 Å². The Hall–Kier alpha value is -0.820. The van der Waals surface area contributed by atoms with Crippen LogP contribution >= 0.6 is 0 Å². The molecule has 15 heavy (non-hydrogen) atoms. The standard InChI is InChI=1S/C14H23N/c1-5-14(6-2,12(3)15-4)13-10-8-7-9-11-13/h7-12,15H,5-6H2,1-4H3. The van der Waals surface area contributed by atoms with Crippen molar-refractivity contribution < 1.29 is 0 Å². The van der Waals surface area contributed by atoms with Crippen LogP contribution in [-0.2, 0) is 5.41 Å². The third kappa shape index (κ3) is 2.23. The van der Waals surface area contributed by atoms with Gasteiger partial charge in [0, 0.05) is 11.5 Å². The van der Waals surface area contributed by atoms with Crippen LogP contribution in [0.15, 0.2) is 30.3 Å². The predicted molar refractivity (Wildman–Crippen MR) is 67.2 cm³/mol. The van der Waals surface area contributed by atoms with Crippen molar-refractivity contribution >= 4 is 0 Å². The van der Waals surface area contributed by atoms with E-state index in [0.717, 1.165) is 0 Å². The Labute approximate surface area is 93.9 Å². The van der Waals surface area contributed by atoms with Gasteiger partial charge in [0.05, 0.1) is 0 Å². The molecule has 84 valence electrons. The Bertz CT molecular complexity index is 275. The highest BCUT2D eigenvalue weighted by atomic mass is 14.9. The van der Waals surface area contributed by atoms with E-state index in [-0.39, 0.29) is 5.41 Å². The number of rotatable bonds is 5. The maximum atomic E-state index is 3.41. The molecule has 0 amide bonds. The van der Waals surface area contributed by atoms with Gasteiger partial charge in [0.25, 0.3) is 0 Å². The van der Waals surface area contributed by atoms with Crippen molar-refractivity contribution in [1.82, 2.24) is 5.32 Å². The fourth-order valence-electron chi connectivity index (χ4n) is 2.57. The monoisotopic (exact) mass is 205 g/mol. The second-order valence-electron chi connectivity index (χ2n) is 4.24. The zero-order valence-electron chi connectivity index (χ0n) is 10.4. The van der Waals surface area contributed by atoms with Crippen LogP contribution in [0.5, 0.6) is 0 Å². The highest BCUT2D eigenvalue weighted by Crippen LogP contribution is 2.34. The number of nitrogens with one attached hydrogen (secondary N) is 1. The molecule has 0 saturated carbocycles. The van der Waals surface area contributed by atoms with Gasteiger partial charge in [0.2, 0.25) is 0 Å². The minimum Gasteiger partial charge on any atom is -0.316 e. The molecule has 1 N–H and O–H groups in total. The Morgan fingerprint density at radius 1 is 1.13 bits per heavy atom. The smallest absolute Gasteiger partial charge is 0.0132 e. The maximum absolute atomic E-state index is 3.41. The van der Waals surface area contributed by atoms with E-state index in [2.05, 4.69) is 56.4 Å². The van der Waals surface area contributed by atoms with Gasteiger partial charge in [-0.1, -0.05) is 44.2 Å². The fourth-order valence-corrected chi connectivity index (χ4v) is 2.57. The lowest BCUT2D eigenvalue weighted by atomic mass is 9.71. The van der Waals surface area contributed by atoms with E-state index in [0.29, 0.717) is 6.04 Å². The van der Waals surface area contributed by atoms with Crippen molar-refractivity contribution in [3.63, 3.8) is 0 Å². The van der Waals surface area contributed by atoms with Gasteiger partial charge in [-0.15, -0.1) is 0 Å². The van der Waals surface area contributed by atoms with Crippen molar-refractivity contribution in [2.24, 2.45) is 0 Å². The van der Waals surface area contributed by atoms with Crippen molar-refractivity contribution in [3.8, 4) is 0 Å². The summed E-state index contributed by atoms with van der Waals surface area (Å²) in [5.41, 5.74) is 1.73. The molecule has 0 bridgehead atoms. The van der Waals surface area contributed by atoms with Gasteiger partial charge in [-0.25, -0.2) is 0 Å². The molecule has 1 aromatic rings. The van der Waals surface area contributed by atoms with Crippen LogP contribution in [0, 0.1) is 0 Å². The van der Waals surface area contributed by atoms with Crippen LogP contribution in [0.4, 0.5) is 0 Å². The van der Waals surface area contributed by atoms with Gasteiger partial charge < -0.3 is 5.32 Å². The second-order valence-corrected chi connectivity index (χ2v) is 4.24. The van der Waals surface area contributed by atoms with Gasteiger partial charge >= 0.3 is 0 Å². The molecule has 0 aliphatic heterocycles. The summed E-state index contributed by atoms with van der Waals surface area (Å²) in [6, 6.07) is 11.4. The van der Waals surface area contributed by atoms with E-state index in [1.54, 1.807) is 0 Å². The highest BCUT2D eigenvalue weighted by Gasteiger charge is 2.33. The summed E-state index contributed by atoms with van der Waals surface area (Å²) in [6.45, 7) is 6.84. The van der Waals surface area contributed by atoms with E-state index in [9.17, 15) is 0 Å². The van der Waals surface area contributed by atoms with Crippen molar-refractivity contribution in [2.45, 2.75) is 45.1 Å². The first kappa shape index (κ1) is 12.3. The largest absolute Gasteiger partial charge is 0.316 e. The molecule has 1 unspecified atom stereocenters. The third-order valence-corrected chi connectivity index (χ3v) is 3.87. The molecule has 0 aliphatic rings. The van der Waals surface area contributed by atoms with E-state index in [1.165, 1.54) is 18.4 Å². The summed E-state index contributed by atoms with van der Waals surface area (Å²) in [6.07, 6.45) is 2.35. The average Bonchev–Trinajstić information content (AvgIpc) is 2.32. The van der Waals surface area contributed by atoms with Gasteiger partial charge in [-0.05, 0) is 32.4 Å². The topological polar surface area (TPSA) is 12.0 Å². The average molecular weight is 205 g/mol. The molecular weight excluding hydrogens is 182 g/mol. The van der Waals surface area contributed by atoms with Gasteiger partial charge in [0.15, 0.2) is 0 Å². The summed E-state index contributed by atoms with van der Waals surface area (Å²) in [5, 5.41) is 3.41. The summed E-state index contributed by atoms with van der Waals surface area (Å²) in [7, 11) is 2.05. The first-order valence-electron chi connectivity index (χ1n) is 5.94. The first-order valence-corrected chi connectivity index (χ1v) is 5.94. The lowest BCUT2D eigenvalue weighted by molar-refractivity contribution is 0.299. The van der Waals surface area contributed by atoms with Crippen LogP contribution < -0.4 is 5.32 Å². The lowest BCUT2D eigenvalue weighted by Crippen LogP contribution is -2.44. The molecule has 0 fully saturated rings. The van der Waals surface area contributed by atoms with Crippen LogP contribution in [0.25, 0.3) is 0 Å². The molecule has 0 heterocycles. The van der Waals surface area contributed by atoms with Crippen molar-refractivity contribution in [1.29, 1.82) is 0 Å². The first-order chi connectivity index (χ1) is 7.21. The second kappa shape index (κ2) is 5.32. The van der Waals surface area contributed by atoms with Crippen LogP contribution in [0.1, 0.15) is 39.2 Å². The molecule has 1 heteroatoms. The number of likely N-dealkylation sites (N-methyl/N-ethyl adjacent to an activating group) is 1. The van der Waals surface area contributed by atoms with Crippen molar-refractivity contribution in [3.05, 3.63) is 35.9 Å². The summed E-state index contributed by atoms with van der Waals surface area (Å²) >= 11 is 0. The zero-order chi connectivity index (χ0) is 11.3. The third-order valence-electron chi connectivity index (χ3n) is 3.87. The summed E-state index contributed by atoms with van der Waals surface area (Å²) in [5.74, 6) is 0. The number of hydrogen-bond donors (Lipinski definition) is 1. The molecular formula is C14H23N.